The van der Waals surface area contributed by atoms with E-state index >= 15 is 0 Å². The summed E-state index contributed by atoms with van der Waals surface area (Å²) in [5.74, 6) is 0.317. The van der Waals surface area contributed by atoms with Gasteiger partial charge in [0.2, 0.25) is 5.60 Å². The molecule has 27 heavy (non-hydrogen) atoms. The number of rotatable bonds is 7. The summed E-state index contributed by atoms with van der Waals surface area (Å²) < 4.78 is 5.98. The van der Waals surface area contributed by atoms with Crippen LogP contribution in [0.4, 0.5) is 0 Å². The lowest BCUT2D eigenvalue weighted by Gasteiger charge is -2.30. The second-order valence-electron chi connectivity index (χ2n) is 7.61. The van der Waals surface area contributed by atoms with E-state index in [2.05, 4.69) is 11.9 Å². The number of carbonyl (C=O) groups excluding carboxylic acids is 1. The van der Waals surface area contributed by atoms with Crippen LogP contribution in [0, 0.1) is 11.8 Å². The van der Waals surface area contributed by atoms with Gasteiger partial charge in [-0.05, 0) is 55.1 Å². The standard InChI is InChI=1S/C20H26N2O3S2/c1-22(9-8-21)18-13-6-7-14(18)15(12-13)25-19(23)20(24,16-4-2-10-26-16)17-5-3-11-27-17/h2-5,10-11,13-15,18,24H,6-9,12,21H2,1H3/t13?,14-,15-,18?/m1/s1. The second-order valence-corrected chi connectivity index (χ2v) is 9.50. The molecule has 2 aromatic heterocycles. The van der Waals surface area contributed by atoms with Crippen LogP contribution in [0.2, 0.25) is 0 Å². The van der Waals surface area contributed by atoms with E-state index in [4.69, 9.17) is 10.5 Å². The summed E-state index contributed by atoms with van der Waals surface area (Å²) in [6.45, 7) is 1.49. The number of ether oxygens (including phenoxy) is 1. The summed E-state index contributed by atoms with van der Waals surface area (Å²) in [6.07, 6.45) is 2.99. The summed E-state index contributed by atoms with van der Waals surface area (Å²) in [4.78, 5) is 16.7. The molecule has 2 fully saturated rings. The summed E-state index contributed by atoms with van der Waals surface area (Å²) in [5, 5.41) is 15.2. The van der Waals surface area contributed by atoms with Crippen molar-refractivity contribution < 1.29 is 14.6 Å². The number of aliphatic hydroxyl groups is 1. The van der Waals surface area contributed by atoms with Crippen molar-refractivity contribution in [3.05, 3.63) is 44.8 Å². The van der Waals surface area contributed by atoms with Crippen molar-refractivity contribution in [1.82, 2.24) is 4.90 Å². The molecule has 2 saturated carbocycles. The van der Waals surface area contributed by atoms with Crippen molar-refractivity contribution in [1.29, 1.82) is 0 Å². The minimum atomic E-state index is -1.72. The molecule has 0 saturated heterocycles. The predicted molar refractivity (Wildman–Crippen MR) is 108 cm³/mol. The molecule has 2 aliphatic rings. The number of hydrogen-bond acceptors (Lipinski definition) is 7. The Labute approximate surface area is 167 Å². The molecule has 2 aliphatic carbocycles. The first-order chi connectivity index (χ1) is 13.1. The van der Waals surface area contributed by atoms with Crippen LogP contribution in [-0.2, 0) is 15.1 Å². The van der Waals surface area contributed by atoms with Crippen LogP contribution in [0.1, 0.15) is 29.0 Å². The molecule has 5 nitrogen and oxygen atoms in total. The van der Waals surface area contributed by atoms with Gasteiger partial charge in [-0.1, -0.05) is 12.1 Å². The van der Waals surface area contributed by atoms with Crippen LogP contribution in [0.15, 0.2) is 35.0 Å². The molecule has 4 atom stereocenters. The Balaban J connectivity index is 1.55. The summed E-state index contributed by atoms with van der Waals surface area (Å²) in [5.41, 5.74) is 4.01. The monoisotopic (exact) mass is 406 g/mol. The molecule has 4 rings (SSSR count). The molecule has 2 aromatic rings. The summed E-state index contributed by atoms with van der Waals surface area (Å²) >= 11 is 2.75. The molecule has 146 valence electrons. The van der Waals surface area contributed by atoms with Crippen molar-refractivity contribution in [3.8, 4) is 0 Å². The molecule has 0 amide bonds. The van der Waals surface area contributed by atoms with Crippen molar-refractivity contribution in [2.24, 2.45) is 17.6 Å². The van der Waals surface area contributed by atoms with Crippen LogP contribution in [0.5, 0.6) is 0 Å². The van der Waals surface area contributed by atoms with Crippen molar-refractivity contribution in [2.75, 3.05) is 20.1 Å². The molecule has 2 heterocycles. The highest BCUT2D eigenvalue weighted by Crippen LogP contribution is 2.49. The number of likely N-dealkylation sites (N-methyl/N-ethyl adjacent to an activating group) is 1. The van der Waals surface area contributed by atoms with Gasteiger partial charge in [0.05, 0.1) is 9.75 Å². The molecule has 7 heteroatoms. The van der Waals surface area contributed by atoms with E-state index in [-0.39, 0.29) is 6.10 Å². The van der Waals surface area contributed by atoms with E-state index < -0.39 is 11.6 Å². The minimum absolute atomic E-state index is 0.132. The molecule has 0 radical (unpaired) electrons. The smallest absolute Gasteiger partial charge is 0.349 e. The van der Waals surface area contributed by atoms with Crippen molar-refractivity contribution in [2.45, 2.75) is 37.0 Å². The lowest BCUT2D eigenvalue weighted by Crippen LogP contribution is -2.42. The lowest BCUT2D eigenvalue weighted by molar-refractivity contribution is -0.170. The molecule has 0 aromatic carbocycles. The van der Waals surface area contributed by atoms with Gasteiger partial charge in [0.25, 0.3) is 0 Å². The average Bonchev–Trinajstić information content (AvgIpc) is 3.45. The van der Waals surface area contributed by atoms with E-state index in [0.717, 1.165) is 19.4 Å². The number of carbonyl (C=O) groups is 1. The van der Waals surface area contributed by atoms with Crippen LogP contribution in [0.3, 0.4) is 0 Å². The van der Waals surface area contributed by atoms with Gasteiger partial charge in [0.15, 0.2) is 0 Å². The molecule has 0 spiro atoms. The quantitative estimate of drug-likeness (QED) is 0.692. The first-order valence-electron chi connectivity index (χ1n) is 9.47. The third-order valence-corrected chi connectivity index (χ3v) is 8.06. The number of nitrogens with zero attached hydrogens (tertiary/aromatic N) is 1. The van der Waals surface area contributed by atoms with Crippen LogP contribution in [-0.4, -0.2) is 48.3 Å². The fourth-order valence-electron chi connectivity index (χ4n) is 4.92. The number of hydrogen-bond donors (Lipinski definition) is 2. The highest BCUT2D eigenvalue weighted by molar-refractivity contribution is 7.12. The zero-order valence-corrected chi connectivity index (χ0v) is 17.0. The number of thiophene rings is 2. The van der Waals surface area contributed by atoms with E-state index in [1.165, 1.54) is 29.1 Å². The Kier molecular flexibility index (Phi) is 5.40. The largest absolute Gasteiger partial charge is 0.459 e. The zero-order chi connectivity index (χ0) is 19.0. The maximum Gasteiger partial charge on any atom is 0.349 e. The van der Waals surface area contributed by atoms with Crippen LogP contribution in [0.25, 0.3) is 0 Å². The zero-order valence-electron chi connectivity index (χ0n) is 15.4. The molecular formula is C20H26N2O3S2. The molecule has 3 N–H and O–H groups in total. The molecular weight excluding hydrogens is 380 g/mol. The van der Waals surface area contributed by atoms with Gasteiger partial charge in [-0.15, -0.1) is 22.7 Å². The van der Waals surface area contributed by atoms with Gasteiger partial charge in [-0.3, -0.25) is 0 Å². The van der Waals surface area contributed by atoms with Gasteiger partial charge < -0.3 is 20.5 Å². The Morgan fingerprint density at radius 3 is 2.52 bits per heavy atom. The Bertz CT molecular complexity index is 728. The van der Waals surface area contributed by atoms with Crippen LogP contribution < -0.4 is 5.73 Å². The SMILES string of the molecule is CN(CCN)C1C2CC[C@@H]1[C@H](OC(=O)C(O)(c1cccs1)c1cccs1)C2. The molecule has 2 unspecified atom stereocenters. The topological polar surface area (TPSA) is 75.8 Å². The van der Waals surface area contributed by atoms with Gasteiger partial charge >= 0.3 is 5.97 Å². The fraction of sp³-hybridized carbons (Fsp3) is 0.550. The predicted octanol–water partition coefficient (Wildman–Crippen LogP) is 2.65. The van der Waals surface area contributed by atoms with Crippen molar-refractivity contribution >= 4 is 28.6 Å². The third-order valence-electron chi connectivity index (χ3n) is 6.11. The number of nitrogens with two attached hydrogens (primary N) is 1. The molecule has 0 aliphatic heterocycles. The first-order valence-corrected chi connectivity index (χ1v) is 11.2. The maximum absolute atomic E-state index is 13.2. The van der Waals surface area contributed by atoms with Gasteiger partial charge in [-0.25, -0.2) is 4.79 Å². The maximum atomic E-state index is 13.2. The number of esters is 1. The normalized spacial score (nSPS) is 27.4. The summed E-state index contributed by atoms with van der Waals surface area (Å²) in [6, 6.07) is 7.71. The van der Waals surface area contributed by atoms with Gasteiger partial charge in [0, 0.05) is 25.0 Å². The minimum Gasteiger partial charge on any atom is -0.459 e. The highest BCUT2D eigenvalue weighted by atomic mass is 32.1. The Hall–Kier alpha value is -1.25. The van der Waals surface area contributed by atoms with Crippen LogP contribution >= 0.6 is 22.7 Å². The van der Waals surface area contributed by atoms with E-state index in [9.17, 15) is 9.90 Å². The van der Waals surface area contributed by atoms with E-state index in [1.54, 1.807) is 12.1 Å². The Morgan fingerprint density at radius 1 is 1.30 bits per heavy atom. The number of fused-ring (bicyclic) bond motifs is 2. The average molecular weight is 407 g/mol. The first kappa shape index (κ1) is 19.1. The van der Waals surface area contributed by atoms with Gasteiger partial charge in [0.1, 0.15) is 6.10 Å². The van der Waals surface area contributed by atoms with E-state index in [1.807, 2.05) is 22.9 Å². The Morgan fingerprint density at radius 2 is 1.96 bits per heavy atom. The second kappa shape index (κ2) is 7.64. The highest BCUT2D eigenvalue weighted by Gasteiger charge is 2.53. The lowest BCUT2D eigenvalue weighted by atomic mass is 9.96. The molecule has 2 bridgehead atoms. The van der Waals surface area contributed by atoms with Crippen molar-refractivity contribution in [3.63, 3.8) is 0 Å². The third kappa shape index (κ3) is 3.25. The fourth-order valence-corrected chi connectivity index (χ4v) is 6.64. The van der Waals surface area contributed by atoms with Gasteiger partial charge in [-0.2, -0.15) is 0 Å². The summed E-state index contributed by atoms with van der Waals surface area (Å²) in [7, 11) is 2.11. The van der Waals surface area contributed by atoms with E-state index in [0.29, 0.717) is 34.2 Å².